The molecule has 0 radical (unpaired) electrons. The van der Waals surface area contributed by atoms with Crippen molar-refractivity contribution in [2.24, 2.45) is 0 Å². The minimum Gasteiger partial charge on any atom is -0.423 e. The molecule has 38 heavy (non-hydrogen) atoms. The van der Waals surface area contributed by atoms with Gasteiger partial charge in [0, 0.05) is 20.6 Å². The topological polar surface area (TPSA) is 40.5 Å². The maximum absolute atomic E-state index is 8.68. The Hall–Kier alpha value is -1.02. The molecular weight excluding hydrogens is 897 g/mol. The summed E-state index contributed by atoms with van der Waals surface area (Å²) < 4.78 is 5.65. The molecule has 0 unspecified atom stereocenters. The van der Waals surface area contributed by atoms with Crippen LogP contribution in [0.2, 0.25) is 0 Å². The molecule has 2 nitrogen and oxygen atoms in total. The van der Waals surface area contributed by atoms with E-state index in [0.29, 0.717) is 5.46 Å². The fraction of sp³-hybridized carbons (Fsp3) is 0. The lowest BCUT2D eigenvalue weighted by Gasteiger charge is -2.07. The molecule has 0 bridgehead atoms. The number of halogens is 5. The summed E-state index contributed by atoms with van der Waals surface area (Å²) >= 11 is 14.9. The van der Waals surface area contributed by atoms with Gasteiger partial charge in [-0.2, -0.15) is 0 Å². The van der Waals surface area contributed by atoms with Crippen LogP contribution in [0.15, 0.2) is 135 Å². The molecule has 0 fully saturated rings. The average molecular weight is 919 g/mol. The Morgan fingerprint density at radius 1 is 0.447 bits per heavy atom. The summed E-state index contributed by atoms with van der Waals surface area (Å²) in [5, 5.41) is 17.4. The summed E-state index contributed by atoms with van der Waals surface area (Å²) in [6.07, 6.45) is 0. The molecule has 0 aromatic heterocycles. The van der Waals surface area contributed by atoms with Crippen molar-refractivity contribution in [1.29, 1.82) is 0 Å². The third kappa shape index (κ3) is 10.9. The van der Waals surface area contributed by atoms with E-state index in [-0.39, 0.29) is 0 Å². The molecule has 0 saturated heterocycles. The van der Waals surface area contributed by atoms with Gasteiger partial charge in [0.05, 0.1) is 0 Å². The van der Waals surface area contributed by atoms with Gasteiger partial charge in [-0.05, 0) is 134 Å². The molecule has 0 saturated carbocycles. The Bertz CT molecular complexity index is 1400. The van der Waals surface area contributed by atoms with E-state index in [0.717, 1.165) is 13.4 Å². The third-order valence-electron chi connectivity index (χ3n) is 5.11. The van der Waals surface area contributed by atoms with Crippen molar-refractivity contribution in [3.8, 4) is 22.3 Å². The molecule has 0 spiro atoms. The van der Waals surface area contributed by atoms with E-state index in [4.69, 9.17) is 10.0 Å². The minimum absolute atomic E-state index is 0.495. The van der Waals surface area contributed by atoms with Crippen LogP contribution in [-0.2, 0) is 0 Å². The number of hydrogen-bond donors (Lipinski definition) is 2. The van der Waals surface area contributed by atoms with Crippen LogP contribution in [0.5, 0.6) is 0 Å². The fourth-order valence-corrected chi connectivity index (χ4v) is 6.24. The minimum atomic E-state index is -1.38. The SMILES string of the molecule is Brc1cccc(-c2cccc(-c3cccc(Br)c3)c2)c1.Ic1cccc(I)c1.OB(O)c1cccc(Br)c1. The lowest BCUT2D eigenvalue weighted by Crippen LogP contribution is -2.29. The second kappa shape index (κ2) is 16.3. The van der Waals surface area contributed by atoms with Crippen LogP contribution in [0.4, 0.5) is 0 Å². The van der Waals surface area contributed by atoms with E-state index in [2.05, 4.69) is 178 Å². The van der Waals surface area contributed by atoms with E-state index in [1.54, 1.807) is 18.2 Å². The first-order valence-electron chi connectivity index (χ1n) is 11.4. The number of hydrogen-bond acceptors (Lipinski definition) is 2. The highest BCUT2D eigenvalue weighted by atomic mass is 127. The van der Waals surface area contributed by atoms with E-state index in [1.165, 1.54) is 29.4 Å². The first-order valence-corrected chi connectivity index (χ1v) is 15.9. The molecule has 0 heterocycles. The normalized spacial score (nSPS) is 9.97. The molecule has 2 N–H and O–H groups in total. The van der Waals surface area contributed by atoms with Gasteiger partial charge in [-0.1, -0.05) is 108 Å². The highest BCUT2D eigenvalue weighted by Gasteiger charge is 2.09. The van der Waals surface area contributed by atoms with Crippen LogP contribution in [0.25, 0.3) is 22.3 Å². The van der Waals surface area contributed by atoms with Gasteiger partial charge in [0.2, 0.25) is 0 Å². The van der Waals surface area contributed by atoms with Crippen molar-refractivity contribution in [3.05, 3.63) is 142 Å². The quantitative estimate of drug-likeness (QED) is 0.140. The lowest BCUT2D eigenvalue weighted by atomic mass is 9.81. The Labute approximate surface area is 276 Å². The predicted molar refractivity (Wildman–Crippen MR) is 189 cm³/mol. The van der Waals surface area contributed by atoms with Crippen molar-refractivity contribution in [2.75, 3.05) is 0 Å². The molecule has 0 aliphatic carbocycles. The van der Waals surface area contributed by atoms with Gasteiger partial charge in [0.15, 0.2) is 0 Å². The van der Waals surface area contributed by atoms with Gasteiger partial charge < -0.3 is 10.0 Å². The zero-order valence-corrected chi connectivity index (χ0v) is 29.0. The molecule has 0 amide bonds. The third-order valence-corrected chi connectivity index (χ3v) is 7.93. The molecule has 5 aromatic carbocycles. The molecule has 5 rings (SSSR count). The average Bonchev–Trinajstić information content (AvgIpc) is 2.89. The zero-order valence-electron chi connectivity index (χ0n) is 19.9. The summed E-state index contributed by atoms with van der Waals surface area (Å²) in [6.45, 7) is 0. The smallest absolute Gasteiger partial charge is 0.423 e. The first-order chi connectivity index (χ1) is 18.2. The maximum Gasteiger partial charge on any atom is 0.488 e. The van der Waals surface area contributed by atoms with Crippen LogP contribution in [0, 0.1) is 7.14 Å². The Kier molecular flexibility index (Phi) is 13.5. The molecular formula is C30H22BBr3I2O2. The zero-order chi connectivity index (χ0) is 27.5. The lowest BCUT2D eigenvalue weighted by molar-refractivity contribution is 0.426. The van der Waals surface area contributed by atoms with Crippen molar-refractivity contribution in [3.63, 3.8) is 0 Å². The largest absolute Gasteiger partial charge is 0.488 e. The van der Waals surface area contributed by atoms with Gasteiger partial charge in [0.1, 0.15) is 0 Å². The Balaban J connectivity index is 0.000000185. The van der Waals surface area contributed by atoms with E-state index in [1.807, 2.05) is 18.2 Å². The van der Waals surface area contributed by atoms with Gasteiger partial charge in [-0.25, -0.2) is 0 Å². The fourth-order valence-electron chi connectivity index (χ4n) is 3.34. The van der Waals surface area contributed by atoms with Gasteiger partial charge in [-0.15, -0.1) is 0 Å². The first kappa shape index (κ1) is 31.5. The molecule has 8 heteroatoms. The second-order valence-electron chi connectivity index (χ2n) is 7.97. The van der Waals surface area contributed by atoms with Crippen molar-refractivity contribution in [2.45, 2.75) is 0 Å². The predicted octanol–water partition coefficient (Wildman–Crippen LogP) is 9.57. The van der Waals surface area contributed by atoms with Gasteiger partial charge in [-0.3, -0.25) is 0 Å². The Morgan fingerprint density at radius 2 is 0.816 bits per heavy atom. The van der Waals surface area contributed by atoms with Crippen LogP contribution in [0.3, 0.4) is 0 Å². The van der Waals surface area contributed by atoms with Gasteiger partial charge >= 0.3 is 7.12 Å². The standard InChI is InChI=1S/C18H12Br2.C6H6BBrO2.C6H4I2/c19-17-8-2-6-15(11-17)13-4-1-5-14(10-13)16-7-3-9-18(20)12-16;8-6-3-1-2-5(4-6)7(9)10;7-5-2-1-3-6(8)4-5/h1-12H;1-4,9-10H;1-4H. The summed E-state index contributed by atoms with van der Waals surface area (Å²) in [7, 11) is -1.38. The Morgan fingerprint density at radius 3 is 1.16 bits per heavy atom. The summed E-state index contributed by atoms with van der Waals surface area (Å²) in [5.41, 5.74) is 5.38. The molecule has 192 valence electrons. The van der Waals surface area contributed by atoms with Crippen molar-refractivity contribution < 1.29 is 10.0 Å². The number of benzene rings is 5. The summed E-state index contributed by atoms with van der Waals surface area (Å²) in [4.78, 5) is 0. The molecule has 5 aromatic rings. The van der Waals surface area contributed by atoms with Crippen molar-refractivity contribution >= 4 is 106 Å². The summed E-state index contributed by atoms with van der Waals surface area (Å²) in [5.74, 6) is 0. The highest BCUT2D eigenvalue weighted by Crippen LogP contribution is 2.29. The van der Waals surface area contributed by atoms with E-state index < -0.39 is 7.12 Å². The van der Waals surface area contributed by atoms with E-state index in [9.17, 15) is 0 Å². The highest BCUT2D eigenvalue weighted by molar-refractivity contribution is 14.1. The second-order valence-corrected chi connectivity index (χ2v) is 13.2. The van der Waals surface area contributed by atoms with Crippen molar-refractivity contribution in [1.82, 2.24) is 0 Å². The van der Waals surface area contributed by atoms with Crippen LogP contribution in [0.1, 0.15) is 0 Å². The molecule has 0 aliphatic heterocycles. The van der Waals surface area contributed by atoms with Crippen LogP contribution in [-0.4, -0.2) is 17.2 Å². The van der Waals surface area contributed by atoms with E-state index >= 15 is 0 Å². The van der Waals surface area contributed by atoms with Crippen LogP contribution < -0.4 is 5.46 Å². The number of rotatable bonds is 3. The monoisotopic (exact) mass is 916 g/mol. The molecule has 0 atom stereocenters. The molecule has 0 aliphatic rings. The van der Waals surface area contributed by atoms with Crippen LogP contribution >= 0.6 is 93.0 Å². The summed E-state index contributed by atoms with van der Waals surface area (Å²) in [6, 6.07) is 40.6. The maximum atomic E-state index is 8.68. The van der Waals surface area contributed by atoms with Gasteiger partial charge in [0.25, 0.3) is 0 Å².